The summed E-state index contributed by atoms with van der Waals surface area (Å²) in [5.41, 5.74) is 1.21. The summed E-state index contributed by atoms with van der Waals surface area (Å²) in [6.45, 7) is 1.80. The molecule has 3 rings (SSSR count). The van der Waals surface area contributed by atoms with Gasteiger partial charge in [-0.25, -0.2) is 13.2 Å². The number of hydrogen-bond donors (Lipinski definition) is 2. The van der Waals surface area contributed by atoms with Crippen molar-refractivity contribution in [3.05, 3.63) is 64.7 Å². The van der Waals surface area contributed by atoms with E-state index in [9.17, 15) is 18.0 Å². The zero-order valence-electron chi connectivity index (χ0n) is 17.2. The van der Waals surface area contributed by atoms with E-state index < -0.39 is 33.9 Å². The van der Waals surface area contributed by atoms with E-state index in [2.05, 4.69) is 10.6 Å². The number of ether oxygens (including phenoxy) is 1. The van der Waals surface area contributed by atoms with Crippen molar-refractivity contribution in [2.45, 2.75) is 25.3 Å². The van der Waals surface area contributed by atoms with E-state index >= 15 is 0 Å². The number of rotatable bonds is 8. The van der Waals surface area contributed by atoms with Gasteiger partial charge in [-0.3, -0.25) is 4.79 Å². The number of halogens is 1. The monoisotopic (exact) mass is 464 g/mol. The Morgan fingerprint density at radius 3 is 2.52 bits per heavy atom. The second-order valence-corrected chi connectivity index (χ2v) is 10.5. The van der Waals surface area contributed by atoms with Crippen LogP contribution in [0.15, 0.2) is 48.5 Å². The van der Waals surface area contributed by atoms with Gasteiger partial charge in [0.25, 0.3) is 5.91 Å². The van der Waals surface area contributed by atoms with E-state index in [4.69, 9.17) is 16.3 Å². The van der Waals surface area contributed by atoms with Crippen molar-refractivity contribution in [2.24, 2.45) is 0 Å². The number of nitrogens with one attached hydrogen (secondary N) is 2. The molecule has 1 fully saturated rings. The third-order valence-corrected chi connectivity index (χ3v) is 7.22. The molecule has 1 unspecified atom stereocenters. The normalized spacial score (nSPS) is 19.5. The van der Waals surface area contributed by atoms with Crippen molar-refractivity contribution in [1.29, 1.82) is 0 Å². The van der Waals surface area contributed by atoms with Crippen molar-refractivity contribution < 1.29 is 22.7 Å². The molecule has 1 heterocycles. The summed E-state index contributed by atoms with van der Waals surface area (Å²) < 4.78 is 28.5. The van der Waals surface area contributed by atoms with Gasteiger partial charge in [0, 0.05) is 17.3 Å². The Bertz CT molecular complexity index is 1060. The summed E-state index contributed by atoms with van der Waals surface area (Å²) in [4.78, 5) is 24.7. The number of hydrogen-bond acceptors (Lipinski definition) is 6. The number of carbonyl (C=O) groups is 2. The lowest BCUT2D eigenvalue weighted by atomic mass is 10.0. The second kappa shape index (κ2) is 9.70. The van der Waals surface area contributed by atoms with Crippen LogP contribution in [0.3, 0.4) is 0 Å². The summed E-state index contributed by atoms with van der Waals surface area (Å²) in [7, 11) is -3.15. The van der Waals surface area contributed by atoms with Crippen molar-refractivity contribution in [3.63, 3.8) is 0 Å². The third-order valence-electron chi connectivity index (χ3n) is 5.07. The fourth-order valence-electron chi connectivity index (χ4n) is 3.50. The topological polar surface area (TPSA) is 102 Å². The molecule has 0 aliphatic carbocycles. The summed E-state index contributed by atoms with van der Waals surface area (Å²) >= 11 is 5.89. The van der Waals surface area contributed by atoms with Gasteiger partial charge in [-0.1, -0.05) is 35.9 Å². The average molecular weight is 465 g/mol. The molecule has 0 aromatic heterocycles. The molecule has 0 radical (unpaired) electrons. The molecule has 31 heavy (non-hydrogen) atoms. The van der Waals surface area contributed by atoms with Gasteiger partial charge >= 0.3 is 5.97 Å². The van der Waals surface area contributed by atoms with E-state index in [1.807, 2.05) is 24.3 Å². The highest BCUT2D eigenvalue weighted by atomic mass is 35.5. The van der Waals surface area contributed by atoms with Gasteiger partial charge in [0.05, 0.1) is 22.6 Å². The first kappa shape index (κ1) is 23.1. The highest BCUT2D eigenvalue weighted by Crippen LogP contribution is 2.23. The van der Waals surface area contributed by atoms with E-state index in [-0.39, 0.29) is 11.5 Å². The second-order valence-electron chi connectivity index (χ2n) is 7.88. The Hall–Kier alpha value is -2.58. The molecule has 2 N–H and O–H groups in total. The maximum absolute atomic E-state index is 12.5. The molecule has 9 heteroatoms. The van der Waals surface area contributed by atoms with Crippen molar-refractivity contribution in [1.82, 2.24) is 5.32 Å². The van der Waals surface area contributed by atoms with Crippen LogP contribution in [0.5, 0.6) is 0 Å². The minimum atomic E-state index is -3.15. The number of esters is 1. The van der Waals surface area contributed by atoms with E-state index in [0.29, 0.717) is 29.2 Å². The van der Waals surface area contributed by atoms with Crippen molar-refractivity contribution >= 4 is 39.0 Å². The predicted octanol–water partition coefficient (Wildman–Crippen LogP) is 2.84. The van der Waals surface area contributed by atoms with Gasteiger partial charge in [-0.15, -0.1) is 0 Å². The van der Waals surface area contributed by atoms with Crippen LogP contribution >= 0.6 is 11.6 Å². The van der Waals surface area contributed by atoms with E-state index in [1.54, 1.807) is 31.2 Å². The summed E-state index contributed by atoms with van der Waals surface area (Å²) in [5.74, 6) is -1.23. The van der Waals surface area contributed by atoms with Gasteiger partial charge in [0.15, 0.2) is 16.4 Å². The Kier molecular flexibility index (Phi) is 7.23. The SMILES string of the molecule is CC1(NC(=O)COC(=O)c2ccccc2NCCc2ccc(Cl)cc2)CCS(=O)(=O)C1. The fourth-order valence-corrected chi connectivity index (χ4v) is 5.72. The third kappa shape index (κ3) is 6.70. The smallest absolute Gasteiger partial charge is 0.340 e. The van der Waals surface area contributed by atoms with Gasteiger partial charge in [0.2, 0.25) is 0 Å². The molecule has 0 bridgehead atoms. The molecule has 1 saturated heterocycles. The van der Waals surface area contributed by atoms with Crippen LogP contribution in [0.2, 0.25) is 5.02 Å². The van der Waals surface area contributed by atoms with Crippen LogP contribution in [0.4, 0.5) is 5.69 Å². The molecule has 1 atom stereocenters. The van der Waals surface area contributed by atoms with Gasteiger partial charge in [-0.05, 0) is 49.6 Å². The Morgan fingerprint density at radius 2 is 1.84 bits per heavy atom. The lowest BCUT2D eigenvalue weighted by Gasteiger charge is -2.23. The van der Waals surface area contributed by atoms with Gasteiger partial charge in [-0.2, -0.15) is 0 Å². The number of carbonyl (C=O) groups excluding carboxylic acids is 2. The number of amides is 1. The summed E-state index contributed by atoms with van der Waals surface area (Å²) in [6.07, 6.45) is 1.08. The van der Waals surface area contributed by atoms with Gasteiger partial charge in [0.1, 0.15) is 0 Å². The fraction of sp³-hybridized carbons (Fsp3) is 0.364. The lowest BCUT2D eigenvalue weighted by molar-refractivity contribution is -0.125. The van der Waals surface area contributed by atoms with Crippen LogP contribution < -0.4 is 10.6 Å². The molecule has 0 spiro atoms. The number of benzene rings is 2. The number of sulfone groups is 1. The van der Waals surface area contributed by atoms with Gasteiger partial charge < -0.3 is 15.4 Å². The first-order chi connectivity index (χ1) is 14.7. The quantitative estimate of drug-likeness (QED) is 0.582. The number of para-hydroxylation sites is 1. The zero-order chi connectivity index (χ0) is 22.5. The molecule has 0 saturated carbocycles. The molecule has 1 aliphatic heterocycles. The minimum Gasteiger partial charge on any atom is -0.452 e. The summed E-state index contributed by atoms with van der Waals surface area (Å²) in [6, 6.07) is 14.4. The first-order valence-electron chi connectivity index (χ1n) is 9.92. The molecule has 7 nitrogen and oxygen atoms in total. The standard InChI is InChI=1S/C22H25ClN2O5S/c1-22(11-13-31(28,29)15-22)25-20(26)14-30-21(27)18-4-2-3-5-19(18)24-12-10-16-6-8-17(23)9-7-16/h2-9,24H,10-15H2,1H3,(H,25,26). The lowest BCUT2D eigenvalue weighted by Crippen LogP contribution is -2.48. The molecule has 2 aromatic carbocycles. The maximum atomic E-state index is 12.5. The Labute approximate surface area is 187 Å². The first-order valence-corrected chi connectivity index (χ1v) is 12.1. The van der Waals surface area contributed by atoms with E-state index in [1.165, 1.54) is 0 Å². The van der Waals surface area contributed by atoms with Crippen LogP contribution in [-0.2, 0) is 25.8 Å². The number of anilines is 1. The Morgan fingerprint density at radius 1 is 1.13 bits per heavy atom. The highest BCUT2D eigenvalue weighted by Gasteiger charge is 2.39. The predicted molar refractivity (Wildman–Crippen MR) is 120 cm³/mol. The van der Waals surface area contributed by atoms with Crippen LogP contribution in [-0.4, -0.2) is 50.5 Å². The van der Waals surface area contributed by atoms with Crippen molar-refractivity contribution in [3.8, 4) is 0 Å². The zero-order valence-corrected chi connectivity index (χ0v) is 18.8. The molecular weight excluding hydrogens is 440 g/mol. The molecule has 2 aromatic rings. The largest absolute Gasteiger partial charge is 0.452 e. The summed E-state index contributed by atoms with van der Waals surface area (Å²) in [5, 5.41) is 6.56. The molecular formula is C22H25ClN2O5S. The minimum absolute atomic E-state index is 0.0403. The van der Waals surface area contributed by atoms with Crippen LogP contribution in [0.1, 0.15) is 29.3 Å². The van der Waals surface area contributed by atoms with E-state index in [0.717, 1.165) is 12.0 Å². The maximum Gasteiger partial charge on any atom is 0.340 e. The van der Waals surface area contributed by atoms with Crippen LogP contribution in [0.25, 0.3) is 0 Å². The molecule has 1 amide bonds. The van der Waals surface area contributed by atoms with Crippen LogP contribution in [0, 0.1) is 0 Å². The average Bonchev–Trinajstić information content (AvgIpc) is 3.00. The Balaban J connectivity index is 1.52. The molecule has 166 valence electrons. The highest BCUT2D eigenvalue weighted by molar-refractivity contribution is 7.91. The van der Waals surface area contributed by atoms with Crippen molar-refractivity contribution in [2.75, 3.05) is 30.0 Å². The molecule has 1 aliphatic rings.